The van der Waals surface area contributed by atoms with Crippen LogP contribution >= 0.6 is 0 Å². The number of aliphatic hydroxyl groups is 1. The highest BCUT2D eigenvalue weighted by atomic mass is 19.1. The maximum Gasteiger partial charge on any atom is 0.128 e. The van der Waals surface area contributed by atoms with E-state index in [1.807, 2.05) is 6.92 Å². The lowest BCUT2D eigenvalue weighted by molar-refractivity contribution is 0.267. The Bertz CT molecular complexity index is 647. The summed E-state index contributed by atoms with van der Waals surface area (Å²) in [4.78, 5) is 0. The van der Waals surface area contributed by atoms with Gasteiger partial charge in [-0.15, -0.1) is 0 Å². The van der Waals surface area contributed by atoms with Crippen molar-refractivity contribution in [2.45, 2.75) is 26.5 Å². The van der Waals surface area contributed by atoms with Crippen LogP contribution in [0.15, 0.2) is 36.4 Å². The maximum atomic E-state index is 13.8. The Balaban J connectivity index is 2.21. The Morgan fingerprint density at radius 3 is 2.64 bits per heavy atom. The third-order valence-electron chi connectivity index (χ3n) is 3.34. The molecule has 0 aliphatic carbocycles. The molecule has 0 fully saturated rings. The number of halogens is 2. The lowest BCUT2D eigenvalue weighted by atomic mass is 10.1. The van der Waals surface area contributed by atoms with Gasteiger partial charge in [0.15, 0.2) is 0 Å². The number of benzene rings is 2. The van der Waals surface area contributed by atoms with Gasteiger partial charge in [0.2, 0.25) is 0 Å². The first-order valence-electron chi connectivity index (χ1n) is 7.13. The summed E-state index contributed by atoms with van der Waals surface area (Å²) in [6, 6.07) is 8.21. The second-order valence-corrected chi connectivity index (χ2v) is 4.95. The molecule has 0 aliphatic rings. The summed E-state index contributed by atoms with van der Waals surface area (Å²) in [5, 5.41) is 12.5. The summed E-state index contributed by atoms with van der Waals surface area (Å²) in [6.07, 6.45) is 0. The largest absolute Gasteiger partial charge is 0.494 e. The van der Waals surface area contributed by atoms with Crippen molar-refractivity contribution >= 4 is 5.69 Å². The summed E-state index contributed by atoms with van der Waals surface area (Å²) >= 11 is 0. The quantitative estimate of drug-likeness (QED) is 0.846. The van der Waals surface area contributed by atoms with Gasteiger partial charge in [-0.2, -0.15) is 0 Å². The summed E-state index contributed by atoms with van der Waals surface area (Å²) in [5.74, 6) is -0.331. The molecule has 0 heterocycles. The molecule has 0 spiro atoms. The number of aliphatic hydroxyl groups excluding tert-OH is 1. The number of hydrogen-bond donors (Lipinski definition) is 2. The molecule has 2 aromatic carbocycles. The maximum absolute atomic E-state index is 13.8. The van der Waals surface area contributed by atoms with Gasteiger partial charge in [0.25, 0.3) is 0 Å². The fourth-order valence-corrected chi connectivity index (χ4v) is 2.26. The van der Waals surface area contributed by atoms with Crippen molar-refractivity contribution in [3.05, 3.63) is 59.2 Å². The average Bonchev–Trinajstić information content (AvgIpc) is 2.51. The average molecular weight is 307 g/mol. The molecule has 5 heteroatoms. The molecule has 3 nitrogen and oxygen atoms in total. The van der Waals surface area contributed by atoms with Gasteiger partial charge in [-0.1, -0.05) is 0 Å². The van der Waals surface area contributed by atoms with E-state index in [-0.39, 0.29) is 12.2 Å². The van der Waals surface area contributed by atoms with Crippen molar-refractivity contribution < 1.29 is 18.6 Å². The van der Waals surface area contributed by atoms with Gasteiger partial charge >= 0.3 is 0 Å². The lowest BCUT2D eigenvalue weighted by Crippen LogP contribution is -2.09. The molecule has 0 saturated carbocycles. The Kier molecular flexibility index (Phi) is 5.33. The molecule has 0 saturated heterocycles. The van der Waals surface area contributed by atoms with Gasteiger partial charge in [0.05, 0.1) is 19.3 Å². The normalized spacial score (nSPS) is 12.0. The molecule has 0 amide bonds. The molecule has 0 bridgehead atoms. The lowest BCUT2D eigenvalue weighted by Gasteiger charge is -2.18. The highest BCUT2D eigenvalue weighted by molar-refractivity contribution is 5.52. The summed E-state index contributed by atoms with van der Waals surface area (Å²) in [6.45, 7) is 3.95. The van der Waals surface area contributed by atoms with E-state index in [1.54, 1.807) is 25.1 Å². The summed E-state index contributed by atoms with van der Waals surface area (Å²) in [5.41, 5.74) is 1.59. The number of nitrogens with one attached hydrogen (secondary N) is 1. The standard InChI is InChI=1S/C17H19F2NO2/c1-3-22-17-7-5-14(8-12(17)10-21)20-11(2)15-9-13(18)4-6-16(15)19/h4-9,11,20-21H,3,10H2,1-2H3. The molecule has 2 aromatic rings. The van der Waals surface area contributed by atoms with E-state index in [9.17, 15) is 13.9 Å². The molecule has 0 radical (unpaired) electrons. The highest BCUT2D eigenvalue weighted by Gasteiger charge is 2.13. The van der Waals surface area contributed by atoms with E-state index in [0.717, 1.165) is 12.1 Å². The zero-order chi connectivity index (χ0) is 16.1. The van der Waals surface area contributed by atoms with E-state index in [1.165, 1.54) is 6.07 Å². The Morgan fingerprint density at radius 2 is 1.95 bits per heavy atom. The topological polar surface area (TPSA) is 41.5 Å². The van der Waals surface area contributed by atoms with Gasteiger partial charge in [-0.3, -0.25) is 0 Å². The van der Waals surface area contributed by atoms with E-state index in [0.29, 0.717) is 23.6 Å². The predicted molar refractivity (Wildman–Crippen MR) is 81.9 cm³/mol. The molecule has 1 unspecified atom stereocenters. The number of hydrogen-bond acceptors (Lipinski definition) is 3. The van der Waals surface area contributed by atoms with Crippen molar-refractivity contribution in [3.63, 3.8) is 0 Å². The second kappa shape index (κ2) is 7.22. The minimum atomic E-state index is -0.479. The van der Waals surface area contributed by atoms with Crippen LogP contribution in [0.1, 0.15) is 31.0 Å². The highest BCUT2D eigenvalue weighted by Crippen LogP contribution is 2.27. The van der Waals surface area contributed by atoms with Crippen LogP contribution in [0.25, 0.3) is 0 Å². The minimum absolute atomic E-state index is 0.159. The zero-order valence-corrected chi connectivity index (χ0v) is 12.6. The van der Waals surface area contributed by atoms with Gasteiger partial charge < -0.3 is 15.2 Å². The van der Waals surface area contributed by atoms with Crippen LogP contribution in [-0.2, 0) is 6.61 Å². The monoisotopic (exact) mass is 307 g/mol. The Hall–Kier alpha value is -2.14. The van der Waals surface area contributed by atoms with Crippen LogP contribution in [-0.4, -0.2) is 11.7 Å². The SMILES string of the molecule is CCOc1ccc(NC(C)c2cc(F)ccc2F)cc1CO. The number of anilines is 1. The molecular formula is C17H19F2NO2. The minimum Gasteiger partial charge on any atom is -0.494 e. The van der Waals surface area contributed by atoms with Gasteiger partial charge in [0, 0.05) is 16.8 Å². The first kappa shape index (κ1) is 16.2. The fraction of sp³-hybridized carbons (Fsp3) is 0.294. The van der Waals surface area contributed by atoms with Crippen molar-refractivity contribution in [1.29, 1.82) is 0 Å². The zero-order valence-electron chi connectivity index (χ0n) is 12.6. The first-order chi connectivity index (χ1) is 10.5. The number of ether oxygens (including phenoxy) is 1. The fourth-order valence-electron chi connectivity index (χ4n) is 2.26. The molecule has 0 aromatic heterocycles. The van der Waals surface area contributed by atoms with Crippen molar-refractivity contribution in [2.75, 3.05) is 11.9 Å². The van der Waals surface area contributed by atoms with Crippen LogP contribution < -0.4 is 10.1 Å². The van der Waals surface area contributed by atoms with Crippen LogP contribution in [0.2, 0.25) is 0 Å². The molecule has 0 aliphatic heterocycles. The van der Waals surface area contributed by atoms with E-state index >= 15 is 0 Å². The smallest absolute Gasteiger partial charge is 0.128 e. The van der Waals surface area contributed by atoms with Crippen LogP contribution in [0, 0.1) is 11.6 Å². The second-order valence-electron chi connectivity index (χ2n) is 4.95. The van der Waals surface area contributed by atoms with Crippen LogP contribution in [0.4, 0.5) is 14.5 Å². The van der Waals surface area contributed by atoms with Crippen molar-refractivity contribution in [1.82, 2.24) is 0 Å². The van der Waals surface area contributed by atoms with Gasteiger partial charge in [-0.25, -0.2) is 8.78 Å². The molecule has 22 heavy (non-hydrogen) atoms. The van der Waals surface area contributed by atoms with Crippen LogP contribution in [0.3, 0.4) is 0 Å². The first-order valence-corrected chi connectivity index (χ1v) is 7.13. The third kappa shape index (κ3) is 3.74. The molecule has 118 valence electrons. The van der Waals surface area contributed by atoms with E-state index in [2.05, 4.69) is 5.32 Å². The van der Waals surface area contributed by atoms with Crippen molar-refractivity contribution in [3.8, 4) is 5.75 Å². The molecule has 2 rings (SSSR count). The van der Waals surface area contributed by atoms with E-state index < -0.39 is 17.7 Å². The number of rotatable bonds is 6. The Morgan fingerprint density at radius 1 is 1.18 bits per heavy atom. The van der Waals surface area contributed by atoms with Gasteiger partial charge in [-0.05, 0) is 50.2 Å². The summed E-state index contributed by atoms with van der Waals surface area (Å²) in [7, 11) is 0. The summed E-state index contributed by atoms with van der Waals surface area (Å²) < 4.78 is 32.4. The Labute approximate surface area is 128 Å². The van der Waals surface area contributed by atoms with Crippen LogP contribution in [0.5, 0.6) is 5.75 Å². The van der Waals surface area contributed by atoms with Gasteiger partial charge in [0.1, 0.15) is 17.4 Å². The third-order valence-corrected chi connectivity index (χ3v) is 3.34. The predicted octanol–water partition coefficient (Wildman–Crippen LogP) is 4.03. The molecular weight excluding hydrogens is 288 g/mol. The molecule has 1 atom stereocenters. The molecule has 2 N–H and O–H groups in total. The van der Waals surface area contributed by atoms with E-state index in [4.69, 9.17) is 4.74 Å². The van der Waals surface area contributed by atoms with Crippen molar-refractivity contribution in [2.24, 2.45) is 0 Å².